The highest BCUT2D eigenvalue weighted by Crippen LogP contribution is 2.19. The van der Waals surface area contributed by atoms with Crippen LogP contribution in [-0.4, -0.2) is 28.0 Å². The van der Waals surface area contributed by atoms with Crippen molar-refractivity contribution in [3.05, 3.63) is 24.3 Å². The lowest BCUT2D eigenvalue weighted by atomic mass is 10.2. The Hall–Kier alpha value is -1.56. The maximum atomic E-state index is 12.0. The topological polar surface area (TPSA) is 65.0 Å². The molecular weight excluding hydrogens is 254 g/mol. The Bertz CT molecular complexity index is 526. The van der Waals surface area contributed by atoms with Crippen LogP contribution in [0.1, 0.15) is 19.3 Å². The summed E-state index contributed by atoms with van der Waals surface area (Å²) in [7, 11) is -2.15. The molecule has 0 aromatic heterocycles. The lowest BCUT2D eigenvalue weighted by molar-refractivity contribution is 0.261. The molecule has 1 aliphatic rings. The van der Waals surface area contributed by atoms with Crippen molar-refractivity contribution in [2.75, 3.05) is 13.7 Å². The number of methoxy groups -OCH3 is 1. The van der Waals surface area contributed by atoms with Gasteiger partial charge in [0.1, 0.15) is 5.75 Å². The van der Waals surface area contributed by atoms with Crippen LogP contribution in [-0.2, 0) is 14.8 Å². The van der Waals surface area contributed by atoms with Gasteiger partial charge < -0.3 is 9.47 Å². The normalized spacial score (nSPS) is 18.4. The fourth-order valence-corrected chi connectivity index (χ4v) is 2.64. The molecule has 0 atom stereocenters. The third-order valence-corrected chi connectivity index (χ3v) is 3.94. The zero-order chi connectivity index (χ0) is 13.0. The van der Waals surface area contributed by atoms with E-state index in [9.17, 15) is 8.42 Å². The molecule has 1 saturated heterocycles. The zero-order valence-corrected chi connectivity index (χ0v) is 10.9. The van der Waals surface area contributed by atoms with Crippen LogP contribution in [0.2, 0.25) is 0 Å². The van der Waals surface area contributed by atoms with E-state index in [1.807, 2.05) is 0 Å². The fraction of sp³-hybridized carbons (Fsp3) is 0.417. The summed E-state index contributed by atoms with van der Waals surface area (Å²) in [5, 5.41) is 0. The molecule has 1 aromatic carbocycles. The maximum Gasteiger partial charge on any atom is 0.285 e. The van der Waals surface area contributed by atoms with Crippen LogP contribution in [0.25, 0.3) is 0 Å². The number of benzene rings is 1. The van der Waals surface area contributed by atoms with E-state index in [-0.39, 0.29) is 4.90 Å². The van der Waals surface area contributed by atoms with Gasteiger partial charge in [-0.2, -0.15) is 8.42 Å². The standard InChI is InChI=1S/C12H15NO4S/c1-16-10-5-7-11(8-6-10)18(14,15)13-12-4-2-3-9-17-12/h5-8H,2-4,9H2,1H3/b13-12-. The van der Waals surface area contributed by atoms with E-state index < -0.39 is 10.0 Å². The van der Waals surface area contributed by atoms with E-state index in [1.54, 1.807) is 12.1 Å². The minimum atomic E-state index is -3.68. The summed E-state index contributed by atoms with van der Waals surface area (Å²) < 4.78 is 37.9. The molecule has 0 N–H and O–H groups in total. The second-order valence-electron chi connectivity index (χ2n) is 3.94. The van der Waals surface area contributed by atoms with Crippen molar-refractivity contribution in [1.29, 1.82) is 0 Å². The number of hydrogen-bond acceptors (Lipinski definition) is 4. The first kappa shape index (κ1) is 12.9. The predicted octanol–water partition coefficient (Wildman–Crippen LogP) is 1.98. The molecule has 0 saturated carbocycles. The molecule has 18 heavy (non-hydrogen) atoms. The Kier molecular flexibility index (Phi) is 3.86. The quantitative estimate of drug-likeness (QED) is 0.841. The summed E-state index contributed by atoms with van der Waals surface area (Å²) >= 11 is 0. The third kappa shape index (κ3) is 3.01. The molecule has 0 spiro atoms. The van der Waals surface area contributed by atoms with Crippen molar-refractivity contribution in [2.45, 2.75) is 24.2 Å². The summed E-state index contributed by atoms with van der Waals surface area (Å²) in [4.78, 5) is 0.143. The maximum absolute atomic E-state index is 12.0. The molecule has 2 rings (SSSR count). The van der Waals surface area contributed by atoms with Crippen LogP contribution in [0.15, 0.2) is 33.6 Å². The summed E-state index contributed by atoms with van der Waals surface area (Å²) in [6.07, 6.45) is 2.44. The van der Waals surface area contributed by atoms with Gasteiger partial charge in [0.15, 0.2) is 5.90 Å². The third-order valence-electron chi connectivity index (χ3n) is 2.63. The molecule has 98 valence electrons. The summed E-state index contributed by atoms with van der Waals surface area (Å²) in [6, 6.07) is 6.13. The van der Waals surface area contributed by atoms with Gasteiger partial charge in [-0.3, -0.25) is 0 Å². The van der Waals surface area contributed by atoms with Crippen molar-refractivity contribution in [3.8, 4) is 5.75 Å². The average Bonchev–Trinajstić information content (AvgIpc) is 2.39. The fourth-order valence-electron chi connectivity index (χ4n) is 1.65. The number of hydrogen-bond donors (Lipinski definition) is 0. The first-order chi connectivity index (χ1) is 8.62. The molecule has 0 unspecified atom stereocenters. The molecule has 1 heterocycles. The van der Waals surface area contributed by atoms with E-state index >= 15 is 0 Å². The molecule has 0 amide bonds. The average molecular weight is 269 g/mol. The summed E-state index contributed by atoms with van der Waals surface area (Å²) in [6.45, 7) is 0.539. The summed E-state index contributed by atoms with van der Waals surface area (Å²) in [5.74, 6) is 0.910. The second kappa shape index (κ2) is 5.39. The Morgan fingerprint density at radius 1 is 1.22 bits per heavy atom. The highest BCUT2D eigenvalue weighted by atomic mass is 32.2. The number of ether oxygens (including phenoxy) is 2. The Morgan fingerprint density at radius 3 is 2.50 bits per heavy atom. The number of rotatable bonds is 3. The van der Waals surface area contributed by atoms with Gasteiger partial charge in [0.2, 0.25) is 0 Å². The highest BCUT2D eigenvalue weighted by molar-refractivity contribution is 7.90. The van der Waals surface area contributed by atoms with Crippen molar-refractivity contribution >= 4 is 15.9 Å². The van der Waals surface area contributed by atoms with Crippen LogP contribution in [0.4, 0.5) is 0 Å². The van der Waals surface area contributed by atoms with Crippen molar-refractivity contribution in [3.63, 3.8) is 0 Å². The molecule has 1 fully saturated rings. The largest absolute Gasteiger partial charge is 0.497 e. The van der Waals surface area contributed by atoms with Crippen molar-refractivity contribution < 1.29 is 17.9 Å². The van der Waals surface area contributed by atoms with Crippen LogP contribution in [0, 0.1) is 0 Å². The predicted molar refractivity (Wildman–Crippen MR) is 67.4 cm³/mol. The number of sulfonamides is 1. The molecular formula is C12H15NO4S. The zero-order valence-electron chi connectivity index (χ0n) is 10.1. The van der Waals surface area contributed by atoms with Gasteiger partial charge in [0.05, 0.1) is 18.6 Å². The molecule has 1 aliphatic heterocycles. The van der Waals surface area contributed by atoms with Crippen molar-refractivity contribution in [2.24, 2.45) is 4.40 Å². The highest BCUT2D eigenvalue weighted by Gasteiger charge is 2.17. The van der Waals surface area contributed by atoms with Gasteiger partial charge in [-0.15, -0.1) is 4.40 Å². The minimum Gasteiger partial charge on any atom is -0.497 e. The molecule has 6 heteroatoms. The van der Waals surface area contributed by atoms with Crippen LogP contribution in [0.3, 0.4) is 0 Å². The first-order valence-corrected chi connectivity index (χ1v) is 7.16. The van der Waals surface area contributed by atoms with E-state index in [0.29, 0.717) is 24.7 Å². The lowest BCUT2D eigenvalue weighted by Gasteiger charge is -2.14. The molecule has 0 radical (unpaired) electrons. The van der Waals surface area contributed by atoms with Gasteiger partial charge in [-0.1, -0.05) is 0 Å². The van der Waals surface area contributed by atoms with Gasteiger partial charge in [0, 0.05) is 6.42 Å². The van der Waals surface area contributed by atoms with Crippen LogP contribution < -0.4 is 4.74 Å². The molecule has 0 aliphatic carbocycles. The summed E-state index contributed by atoms with van der Waals surface area (Å²) in [5.41, 5.74) is 0. The Labute approximate surface area is 106 Å². The molecule has 5 nitrogen and oxygen atoms in total. The Balaban J connectivity index is 2.24. The molecule has 1 aromatic rings. The van der Waals surface area contributed by atoms with Gasteiger partial charge in [-0.05, 0) is 37.1 Å². The van der Waals surface area contributed by atoms with E-state index in [2.05, 4.69) is 4.40 Å². The second-order valence-corrected chi connectivity index (χ2v) is 5.55. The smallest absolute Gasteiger partial charge is 0.285 e. The van der Waals surface area contributed by atoms with Gasteiger partial charge in [0.25, 0.3) is 10.0 Å². The van der Waals surface area contributed by atoms with Crippen molar-refractivity contribution in [1.82, 2.24) is 0 Å². The van der Waals surface area contributed by atoms with Crippen LogP contribution >= 0.6 is 0 Å². The van der Waals surface area contributed by atoms with E-state index in [1.165, 1.54) is 19.2 Å². The monoisotopic (exact) mass is 269 g/mol. The van der Waals surface area contributed by atoms with Gasteiger partial charge in [-0.25, -0.2) is 0 Å². The van der Waals surface area contributed by atoms with E-state index in [0.717, 1.165) is 12.8 Å². The Morgan fingerprint density at radius 2 is 1.94 bits per heavy atom. The number of nitrogens with zero attached hydrogens (tertiary/aromatic N) is 1. The lowest BCUT2D eigenvalue weighted by Crippen LogP contribution is -2.14. The SMILES string of the molecule is COc1ccc(S(=O)(=O)/N=C2/CCCCO2)cc1. The molecule has 0 bridgehead atoms. The van der Waals surface area contributed by atoms with E-state index in [4.69, 9.17) is 9.47 Å². The van der Waals surface area contributed by atoms with Crippen LogP contribution in [0.5, 0.6) is 5.75 Å². The minimum absolute atomic E-state index is 0.143. The van der Waals surface area contributed by atoms with Gasteiger partial charge >= 0.3 is 0 Å². The first-order valence-electron chi connectivity index (χ1n) is 5.72.